The summed E-state index contributed by atoms with van der Waals surface area (Å²) >= 11 is 3.31. The summed E-state index contributed by atoms with van der Waals surface area (Å²) in [5, 5.41) is 8.72. The first kappa shape index (κ1) is 19.6. The SMILES string of the molecule is O=C(O)CCC/C=C\[C@H]1[C@@H]2CC[C@@H](C2)[C@@H]1CCCc1ccc(Br)cc1F. The van der Waals surface area contributed by atoms with Crippen molar-refractivity contribution < 1.29 is 14.3 Å². The first-order valence-electron chi connectivity index (χ1n) is 9.87. The Bertz CT molecular complexity index is 658. The first-order valence-corrected chi connectivity index (χ1v) is 10.7. The van der Waals surface area contributed by atoms with E-state index in [-0.39, 0.29) is 12.2 Å². The van der Waals surface area contributed by atoms with Crippen molar-refractivity contribution in [2.45, 2.75) is 57.8 Å². The van der Waals surface area contributed by atoms with Gasteiger partial charge in [0.15, 0.2) is 0 Å². The number of halogens is 2. The van der Waals surface area contributed by atoms with E-state index in [1.165, 1.54) is 25.7 Å². The molecule has 2 fully saturated rings. The van der Waals surface area contributed by atoms with Gasteiger partial charge in [0, 0.05) is 10.9 Å². The van der Waals surface area contributed by atoms with Gasteiger partial charge in [0.25, 0.3) is 0 Å². The third-order valence-corrected chi connectivity index (χ3v) is 6.77. The Morgan fingerprint density at radius 1 is 1.27 bits per heavy atom. The van der Waals surface area contributed by atoms with Crippen LogP contribution in [0.5, 0.6) is 0 Å². The van der Waals surface area contributed by atoms with Crippen molar-refractivity contribution in [1.82, 2.24) is 0 Å². The van der Waals surface area contributed by atoms with Crippen molar-refractivity contribution in [3.63, 3.8) is 0 Å². The minimum atomic E-state index is -0.712. The van der Waals surface area contributed by atoms with E-state index < -0.39 is 5.97 Å². The Kier molecular flexibility index (Phi) is 6.91. The van der Waals surface area contributed by atoms with Crippen molar-refractivity contribution in [1.29, 1.82) is 0 Å². The van der Waals surface area contributed by atoms with Crippen molar-refractivity contribution in [3.8, 4) is 0 Å². The highest BCUT2D eigenvalue weighted by atomic mass is 79.9. The number of benzene rings is 1. The molecular weight excluding hydrogens is 395 g/mol. The highest BCUT2D eigenvalue weighted by molar-refractivity contribution is 9.10. The highest BCUT2D eigenvalue weighted by Crippen LogP contribution is 2.54. The average Bonchev–Trinajstić information content (AvgIpc) is 3.18. The lowest BCUT2D eigenvalue weighted by molar-refractivity contribution is -0.137. The van der Waals surface area contributed by atoms with Gasteiger partial charge in [-0.3, -0.25) is 4.79 Å². The molecule has 26 heavy (non-hydrogen) atoms. The zero-order chi connectivity index (χ0) is 18.5. The summed E-state index contributed by atoms with van der Waals surface area (Å²) in [6, 6.07) is 5.36. The van der Waals surface area contributed by atoms with E-state index in [9.17, 15) is 9.18 Å². The molecule has 3 rings (SSSR count). The second kappa shape index (κ2) is 9.16. The Morgan fingerprint density at radius 2 is 2.08 bits per heavy atom. The fraction of sp³-hybridized carbons (Fsp3) is 0.591. The molecule has 2 aliphatic carbocycles. The maximum Gasteiger partial charge on any atom is 0.303 e. The van der Waals surface area contributed by atoms with E-state index in [1.54, 1.807) is 6.07 Å². The maximum absolute atomic E-state index is 14.0. The van der Waals surface area contributed by atoms with Crippen LogP contribution in [0.4, 0.5) is 4.39 Å². The molecule has 4 atom stereocenters. The van der Waals surface area contributed by atoms with Crippen LogP contribution in [-0.4, -0.2) is 11.1 Å². The van der Waals surface area contributed by atoms with E-state index in [0.717, 1.165) is 53.5 Å². The van der Waals surface area contributed by atoms with Crippen LogP contribution in [0.1, 0.15) is 56.9 Å². The number of fused-ring (bicyclic) bond motifs is 2. The van der Waals surface area contributed by atoms with Gasteiger partial charge in [-0.25, -0.2) is 4.39 Å². The number of aliphatic carboxylic acids is 1. The molecule has 1 aromatic carbocycles. The van der Waals surface area contributed by atoms with Crippen LogP contribution in [0.3, 0.4) is 0 Å². The molecule has 0 unspecified atom stereocenters. The normalized spacial score (nSPS) is 27.5. The monoisotopic (exact) mass is 422 g/mol. The van der Waals surface area contributed by atoms with Gasteiger partial charge in [0.2, 0.25) is 0 Å². The number of rotatable bonds is 9. The highest BCUT2D eigenvalue weighted by Gasteiger charge is 2.45. The third kappa shape index (κ3) is 4.97. The van der Waals surface area contributed by atoms with E-state index in [1.807, 2.05) is 12.1 Å². The van der Waals surface area contributed by atoms with Crippen LogP contribution < -0.4 is 0 Å². The quantitative estimate of drug-likeness (QED) is 0.369. The molecule has 142 valence electrons. The molecule has 0 saturated heterocycles. The summed E-state index contributed by atoms with van der Waals surface area (Å²) in [5.74, 6) is 2.20. The van der Waals surface area contributed by atoms with Gasteiger partial charge < -0.3 is 5.11 Å². The Morgan fingerprint density at radius 3 is 2.85 bits per heavy atom. The first-order chi connectivity index (χ1) is 12.5. The molecule has 0 spiro atoms. The second-order valence-electron chi connectivity index (χ2n) is 7.92. The minimum Gasteiger partial charge on any atom is -0.481 e. The molecule has 0 aromatic heterocycles. The Balaban J connectivity index is 1.50. The van der Waals surface area contributed by atoms with E-state index in [4.69, 9.17) is 5.11 Å². The molecular formula is C22H28BrFO2. The summed E-state index contributed by atoms with van der Waals surface area (Å²) in [7, 11) is 0. The van der Waals surface area contributed by atoms with Crippen LogP contribution in [0.2, 0.25) is 0 Å². The lowest BCUT2D eigenvalue weighted by Gasteiger charge is -2.29. The zero-order valence-electron chi connectivity index (χ0n) is 15.2. The number of carboxylic acid groups (broad SMARTS) is 1. The van der Waals surface area contributed by atoms with Crippen molar-refractivity contribution in [3.05, 3.63) is 46.2 Å². The lowest BCUT2D eigenvalue weighted by Crippen LogP contribution is -2.21. The number of hydrogen-bond acceptors (Lipinski definition) is 1. The van der Waals surface area contributed by atoms with Crippen LogP contribution in [-0.2, 0) is 11.2 Å². The lowest BCUT2D eigenvalue weighted by atomic mass is 9.76. The fourth-order valence-corrected chi connectivity index (χ4v) is 5.39. The predicted molar refractivity (Wildman–Crippen MR) is 105 cm³/mol. The van der Waals surface area contributed by atoms with Crippen molar-refractivity contribution in [2.24, 2.45) is 23.7 Å². The fourth-order valence-electron chi connectivity index (χ4n) is 5.06. The van der Waals surface area contributed by atoms with Crippen molar-refractivity contribution >= 4 is 21.9 Å². The van der Waals surface area contributed by atoms with Gasteiger partial charge in [-0.1, -0.05) is 34.1 Å². The van der Waals surface area contributed by atoms with E-state index in [2.05, 4.69) is 28.1 Å². The van der Waals surface area contributed by atoms with Crippen LogP contribution in [0.15, 0.2) is 34.8 Å². The zero-order valence-corrected chi connectivity index (χ0v) is 16.8. The predicted octanol–water partition coefficient (Wildman–Crippen LogP) is 6.38. The number of carboxylic acids is 1. The van der Waals surface area contributed by atoms with Crippen molar-refractivity contribution in [2.75, 3.05) is 0 Å². The van der Waals surface area contributed by atoms with Gasteiger partial charge in [-0.05, 0) is 92.7 Å². The van der Waals surface area contributed by atoms with Gasteiger partial charge in [0.05, 0.1) is 0 Å². The van der Waals surface area contributed by atoms with E-state index >= 15 is 0 Å². The summed E-state index contributed by atoms with van der Waals surface area (Å²) in [4.78, 5) is 10.6. The Labute approximate surface area is 164 Å². The van der Waals surface area contributed by atoms with Gasteiger partial charge in [-0.15, -0.1) is 0 Å². The van der Waals surface area contributed by atoms with E-state index in [0.29, 0.717) is 5.92 Å². The largest absolute Gasteiger partial charge is 0.481 e. The number of unbranched alkanes of at least 4 members (excludes halogenated alkanes) is 1. The molecule has 2 bridgehead atoms. The summed E-state index contributed by atoms with van der Waals surface area (Å²) < 4.78 is 14.8. The molecule has 0 amide bonds. The molecule has 1 aromatic rings. The Hall–Kier alpha value is -1.16. The second-order valence-corrected chi connectivity index (χ2v) is 8.83. The molecule has 1 N–H and O–H groups in total. The number of hydrogen-bond donors (Lipinski definition) is 1. The molecule has 0 aliphatic heterocycles. The van der Waals surface area contributed by atoms with Crippen LogP contribution in [0.25, 0.3) is 0 Å². The third-order valence-electron chi connectivity index (χ3n) is 6.28. The molecule has 2 aliphatic rings. The van der Waals surface area contributed by atoms with Gasteiger partial charge in [-0.2, -0.15) is 0 Å². The smallest absolute Gasteiger partial charge is 0.303 e. The number of aryl methyl sites for hydroxylation is 1. The molecule has 2 nitrogen and oxygen atoms in total. The maximum atomic E-state index is 14.0. The number of carbonyl (C=O) groups is 1. The summed E-state index contributed by atoms with van der Waals surface area (Å²) in [5.41, 5.74) is 0.817. The van der Waals surface area contributed by atoms with Crippen LogP contribution in [0, 0.1) is 29.5 Å². The average molecular weight is 423 g/mol. The minimum absolute atomic E-state index is 0.109. The standard InChI is InChI=1S/C22H28BrFO2/c23-18-12-11-15(21(24)14-18)5-4-7-20-17-10-9-16(13-17)19(20)6-2-1-3-8-22(25)26/h2,6,11-12,14,16-17,19-20H,1,3-5,7-10,13H2,(H,25,26)/b6-2-/t16-,17+,19+,20+/m1/s1. The summed E-state index contributed by atoms with van der Waals surface area (Å²) in [6.45, 7) is 0. The summed E-state index contributed by atoms with van der Waals surface area (Å²) in [6.07, 6.45) is 13.5. The molecule has 4 heteroatoms. The topological polar surface area (TPSA) is 37.3 Å². The number of allylic oxidation sites excluding steroid dienone is 2. The molecule has 0 radical (unpaired) electrons. The van der Waals surface area contributed by atoms with Crippen LogP contribution >= 0.6 is 15.9 Å². The molecule has 2 saturated carbocycles. The molecule has 0 heterocycles. The van der Waals surface area contributed by atoms with Gasteiger partial charge >= 0.3 is 5.97 Å². The van der Waals surface area contributed by atoms with Gasteiger partial charge in [0.1, 0.15) is 5.82 Å².